The van der Waals surface area contributed by atoms with Crippen LogP contribution in [0.5, 0.6) is 0 Å². The van der Waals surface area contributed by atoms with Gasteiger partial charge in [-0.25, -0.2) is 4.79 Å². The number of methoxy groups -OCH3 is 1. The van der Waals surface area contributed by atoms with Crippen molar-refractivity contribution in [1.29, 1.82) is 0 Å². The Balaban J connectivity index is 2.85. The third-order valence-corrected chi connectivity index (χ3v) is 3.30. The molecule has 4 nitrogen and oxygen atoms in total. The maximum Gasteiger partial charge on any atom is 0.340 e. The lowest BCUT2D eigenvalue weighted by Gasteiger charge is -2.20. The molecule has 0 amide bonds. The number of esters is 1. The number of nitrogen functional groups attached to an aromatic ring is 1. The number of hydrogen-bond acceptors (Lipinski definition) is 4. The zero-order valence-corrected chi connectivity index (χ0v) is 12.2. The Bertz CT molecular complexity index is 432. The van der Waals surface area contributed by atoms with E-state index in [-0.39, 0.29) is 5.97 Å². The van der Waals surface area contributed by atoms with Crippen molar-refractivity contribution in [3.8, 4) is 0 Å². The summed E-state index contributed by atoms with van der Waals surface area (Å²) in [6, 6.07) is 5.55. The summed E-state index contributed by atoms with van der Waals surface area (Å²) in [5.41, 5.74) is 7.53. The van der Waals surface area contributed by atoms with Gasteiger partial charge in [0, 0.05) is 17.4 Å². The SMILES string of the molecule is CCC(C)CC(C)Nc1ccc(N)cc1C(=O)OC. The van der Waals surface area contributed by atoms with Crippen molar-refractivity contribution in [3.05, 3.63) is 23.8 Å². The highest BCUT2D eigenvalue weighted by Gasteiger charge is 2.15. The Labute approximate surface area is 115 Å². The second-order valence-electron chi connectivity index (χ2n) is 5.09. The molecule has 2 unspecified atom stereocenters. The van der Waals surface area contributed by atoms with Crippen LogP contribution in [0, 0.1) is 5.92 Å². The molecule has 0 fully saturated rings. The zero-order valence-electron chi connectivity index (χ0n) is 12.2. The predicted octanol–water partition coefficient (Wildman–Crippen LogP) is 3.29. The van der Waals surface area contributed by atoms with Gasteiger partial charge in [-0.15, -0.1) is 0 Å². The number of carbonyl (C=O) groups excluding carboxylic acids is 1. The molecule has 1 aromatic carbocycles. The fraction of sp³-hybridized carbons (Fsp3) is 0.533. The lowest BCUT2D eigenvalue weighted by atomic mass is 10.00. The monoisotopic (exact) mass is 264 g/mol. The minimum atomic E-state index is -0.370. The summed E-state index contributed by atoms with van der Waals surface area (Å²) in [6.07, 6.45) is 2.21. The van der Waals surface area contributed by atoms with Crippen molar-refractivity contribution in [2.75, 3.05) is 18.2 Å². The van der Waals surface area contributed by atoms with Gasteiger partial charge in [0.15, 0.2) is 0 Å². The van der Waals surface area contributed by atoms with E-state index in [0.717, 1.165) is 18.5 Å². The molecule has 3 N–H and O–H groups in total. The number of rotatable bonds is 6. The number of carbonyl (C=O) groups is 1. The summed E-state index contributed by atoms with van der Waals surface area (Å²) in [7, 11) is 1.37. The van der Waals surface area contributed by atoms with Crippen molar-refractivity contribution in [2.45, 2.75) is 39.7 Å². The summed E-state index contributed by atoms with van der Waals surface area (Å²) in [5.74, 6) is 0.281. The molecule has 4 heteroatoms. The smallest absolute Gasteiger partial charge is 0.340 e. The van der Waals surface area contributed by atoms with E-state index in [9.17, 15) is 4.79 Å². The fourth-order valence-electron chi connectivity index (χ4n) is 2.06. The first-order chi connectivity index (χ1) is 8.97. The summed E-state index contributed by atoms with van der Waals surface area (Å²) < 4.78 is 4.78. The van der Waals surface area contributed by atoms with Gasteiger partial charge in [-0.3, -0.25) is 0 Å². The van der Waals surface area contributed by atoms with E-state index in [1.165, 1.54) is 7.11 Å². The van der Waals surface area contributed by atoms with Crippen LogP contribution in [-0.4, -0.2) is 19.1 Å². The topological polar surface area (TPSA) is 64.3 Å². The highest BCUT2D eigenvalue weighted by molar-refractivity contribution is 5.96. The second-order valence-corrected chi connectivity index (χ2v) is 5.09. The van der Waals surface area contributed by atoms with Crippen LogP contribution >= 0.6 is 0 Å². The Kier molecular flexibility index (Phi) is 5.67. The molecule has 0 saturated heterocycles. The Morgan fingerprint density at radius 3 is 2.68 bits per heavy atom. The third-order valence-electron chi connectivity index (χ3n) is 3.30. The number of hydrogen-bond donors (Lipinski definition) is 2. The fourth-order valence-corrected chi connectivity index (χ4v) is 2.06. The van der Waals surface area contributed by atoms with E-state index < -0.39 is 0 Å². The van der Waals surface area contributed by atoms with Gasteiger partial charge in [-0.1, -0.05) is 20.3 Å². The highest BCUT2D eigenvalue weighted by atomic mass is 16.5. The lowest BCUT2D eigenvalue weighted by molar-refractivity contribution is 0.0602. The van der Waals surface area contributed by atoms with Crippen LogP contribution < -0.4 is 11.1 Å². The number of anilines is 2. The van der Waals surface area contributed by atoms with Crippen LogP contribution in [0.15, 0.2) is 18.2 Å². The molecule has 1 aromatic rings. The van der Waals surface area contributed by atoms with E-state index in [2.05, 4.69) is 26.1 Å². The van der Waals surface area contributed by atoms with Crippen LogP contribution in [0.2, 0.25) is 0 Å². The van der Waals surface area contributed by atoms with Crippen molar-refractivity contribution in [1.82, 2.24) is 0 Å². The van der Waals surface area contributed by atoms with Gasteiger partial charge in [0.2, 0.25) is 0 Å². The molecule has 0 saturated carbocycles. The minimum Gasteiger partial charge on any atom is -0.465 e. The van der Waals surface area contributed by atoms with Gasteiger partial charge in [-0.2, -0.15) is 0 Å². The van der Waals surface area contributed by atoms with Gasteiger partial charge < -0.3 is 15.8 Å². The van der Waals surface area contributed by atoms with Gasteiger partial charge in [0.05, 0.1) is 12.7 Å². The molecule has 0 aromatic heterocycles. The first-order valence-electron chi connectivity index (χ1n) is 6.72. The van der Waals surface area contributed by atoms with Crippen LogP contribution in [0.25, 0.3) is 0 Å². The summed E-state index contributed by atoms with van der Waals surface area (Å²) in [5, 5.41) is 3.36. The van der Waals surface area contributed by atoms with E-state index in [0.29, 0.717) is 23.2 Å². The van der Waals surface area contributed by atoms with E-state index in [1.54, 1.807) is 12.1 Å². The summed E-state index contributed by atoms with van der Waals surface area (Å²) in [4.78, 5) is 11.7. The molecule has 0 aliphatic carbocycles. The van der Waals surface area contributed by atoms with Gasteiger partial charge >= 0.3 is 5.97 Å². The van der Waals surface area contributed by atoms with Crippen LogP contribution in [0.3, 0.4) is 0 Å². The maximum atomic E-state index is 11.7. The Hall–Kier alpha value is -1.71. The van der Waals surface area contributed by atoms with Crippen molar-refractivity contribution < 1.29 is 9.53 Å². The van der Waals surface area contributed by atoms with Crippen molar-refractivity contribution in [3.63, 3.8) is 0 Å². The van der Waals surface area contributed by atoms with Gasteiger partial charge in [0.25, 0.3) is 0 Å². The molecule has 0 radical (unpaired) electrons. The first kappa shape index (κ1) is 15.3. The molecule has 0 spiro atoms. The normalized spacial score (nSPS) is 13.7. The molecular formula is C15H24N2O2. The van der Waals surface area contributed by atoms with Crippen molar-refractivity contribution >= 4 is 17.3 Å². The third kappa shape index (κ3) is 4.47. The average molecular weight is 264 g/mol. The number of ether oxygens (including phenoxy) is 1. The quantitative estimate of drug-likeness (QED) is 0.611. The first-order valence-corrected chi connectivity index (χ1v) is 6.72. The molecule has 0 bridgehead atoms. The summed E-state index contributed by atoms with van der Waals surface area (Å²) in [6.45, 7) is 6.52. The molecule has 2 atom stereocenters. The molecule has 0 aliphatic heterocycles. The predicted molar refractivity (Wildman–Crippen MR) is 79.4 cm³/mol. The van der Waals surface area contributed by atoms with Gasteiger partial charge in [-0.05, 0) is 37.5 Å². The molecule has 106 valence electrons. The molecular weight excluding hydrogens is 240 g/mol. The molecule has 1 rings (SSSR count). The minimum absolute atomic E-state index is 0.294. The molecule has 19 heavy (non-hydrogen) atoms. The van der Waals surface area contributed by atoms with Crippen LogP contribution in [-0.2, 0) is 4.74 Å². The van der Waals surface area contributed by atoms with Crippen LogP contribution in [0.1, 0.15) is 44.0 Å². The maximum absolute atomic E-state index is 11.7. The Morgan fingerprint density at radius 2 is 2.11 bits per heavy atom. The van der Waals surface area contributed by atoms with E-state index in [4.69, 9.17) is 10.5 Å². The van der Waals surface area contributed by atoms with E-state index in [1.807, 2.05) is 6.07 Å². The van der Waals surface area contributed by atoms with E-state index >= 15 is 0 Å². The largest absolute Gasteiger partial charge is 0.465 e. The number of nitrogens with one attached hydrogen (secondary N) is 1. The standard InChI is InChI=1S/C15H24N2O2/c1-5-10(2)8-11(3)17-14-7-6-12(16)9-13(14)15(18)19-4/h6-7,9-11,17H,5,8,16H2,1-4H3. The highest BCUT2D eigenvalue weighted by Crippen LogP contribution is 2.22. The second kappa shape index (κ2) is 7.02. The van der Waals surface area contributed by atoms with Crippen LogP contribution in [0.4, 0.5) is 11.4 Å². The van der Waals surface area contributed by atoms with Gasteiger partial charge in [0.1, 0.15) is 0 Å². The molecule has 0 heterocycles. The average Bonchev–Trinajstić information content (AvgIpc) is 2.39. The lowest BCUT2D eigenvalue weighted by Crippen LogP contribution is -2.20. The zero-order chi connectivity index (χ0) is 14.4. The number of nitrogens with two attached hydrogens (primary N) is 1. The summed E-state index contributed by atoms with van der Waals surface area (Å²) >= 11 is 0. The van der Waals surface area contributed by atoms with Crippen molar-refractivity contribution in [2.24, 2.45) is 5.92 Å². The number of benzene rings is 1. The Morgan fingerprint density at radius 1 is 1.42 bits per heavy atom. The molecule has 0 aliphatic rings.